The lowest BCUT2D eigenvalue weighted by atomic mass is 9.92. The SMILES string of the molecule is Cc1ccc(N2C(=O)c3cccc4c([N+](=O)[O-])ccc(c34)C2=O)c(C)c1. The lowest BCUT2D eigenvalue weighted by Gasteiger charge is -2.28. The molecule has 2 amide bonds. The number of imide groups is 1. The van der Waals surface area contributed by atoms with Crippen molar-refractivity contribution in [2.45, 2.75) is 13.8 Å². The van der Waals surface area contributed by atoms with Gasteiger partial charge in [-0.15, -0.1) is 0 Å². The fourth-order valence-electron chi connectivity index (χ4n) is 3.52. The Morgan fingerprint density at radius 1 is 0.923 bits per heavy atom. The van der Waals surface area contributed by atoms with Crippen molar-refractivity contribution in [1.29, 1.82) is 0 Å². The number of nitrogens with zero attached hydrogens (tertiary/aromatic N) is 2. The van der Waals surface area contributed by atoms with Gasteiger partial charge in [-0.2, -0.15) is 0 Å². The number of non-ortho nitro benzene ring substituents is 1. The van der Waals surface area contributed by atoms with Crippen LogP contribution in [0.5, 0.6) is 0 Å². The minimum absolute atomic E-state index is 0.119. The molecule has 1 heterocycles. The van der Waals surface area contributed by atoms with Gasteiger partial charge in [0.15, 0.2) is 0 Å². The van der Waals surface area contributed by atoms with Crippen LogP contribution in [-0.2, 0) is 0 Å². The fourth-order valence-corrected chi connectivity index (χ4v) is 3.52. The van der Waals surface area contributed by atoms with Gasteiger partial charge in [-0.25, -0.2) is 4.90 Å². The molecular formula is C20H14N2O4. The van der Waals surface area contributed by atoms with E-state index in [1.807, 2.05) is 26.0 Å². The Balaban J connectivity index is 2.00. The number of nitro groups is 1. The molecule has 4 rings (SSSR count). The molecule has 0 spiro atoms. The predicted molar refractivity (Wildman–Crippen MR) is 97.7 cm³/mol. The molecule has 128 valence electrons. The van der Waals surface area contributed by atoms with E-state index in [-0.39, 0.29) is 5.69 Å². The average molecular weight is 346 g/mol. The number of hydrogen-bond donors (Lipinski definition) is 0. The van der Waals surface area contributed by atoms with Gasteiger partial charge in [-0.3, -0.25) is 19.7 Å². The van der Waals surface area contributed by atoms with Crippen LogP contribution < -0.4 is 4.90 Å². The molecule has 6 nitrogen and oxygen atoms in total. The van der Waals surface area contributed by atoms with Gasteiger partial charge in [0.05, 0.1) is 16.0 Å². The Morgan fingerprint density at radius 2 is 1.62 bits per heavy atom. The van der Waals surface area contributed by atoms with Crippen LogP contribution in [0.2, 0.25) is 0 Å². The van der Waals surface area contributed by atoms with Crippen LogP contribution in [0.15, 0.2) is 48.5 Å². The van der Waals surface area contributed by atoms with Crippen molar-refractivity contribution in [3.8, 4) is 0 Å². The number of anilines is 1. The molecule has 26 heavy (non-hydrogen) atoms. The first-order valence-corrected chi connectivity index (χ1v) is 8.06. The van der Waals surface area contributed by atoms with E-state index in [9.17, 15) is 19.7 Å². The van der Waals surface area contributed by atoms with Crippen molar-refractivity contribution in [3.63, 3.8) is 0 Å². The van der Waals surface area contributed by atoms with Gasteiger partial charge >= 0.3 is 0 Å². The van der Waals surface area contributed by atoms with Gasteiger partial charge in [-0.05, 0) is 43.7 Å². The van der Waals surface area contributed by atoms with E-state index in [1.165, 1.54) is 12.1 Å². The zero-order chi connectivity index (χ0) is 18.6. The van der Waals surface area contributed by atoms with Crippen LogP contribution in [0.25, 0.3) is 10.8 Å². The third-order valence-electron chi connectivity index (χ3n) is 4.67. The zero-order valence-electron chi connectivity index (χ0n) is 14.1. The summed E-state index contributed by atoms with van der Waals surface area (Å²) in [6, 6.07) is 13.0. The van der Waals surface area contributed by atoms with E-state index in [2.05, 4.69) is 0 Å². The molecule has 0 saturated heterocycles. The largest absolute Gasteiger partial charge is 0.277 e. The Morgan fingerprint density at radius 3 is 2.27 bits per heavy atom. The summed E-state index contributed by atoms with van der Waals surface area (Å²) in [6.07, 6.45) is 0. The first kappa shape index (κ1) is 16.0. The van der Waals surface area contributed by atoms with Crippen molar-refractivity contribution < 1.29 is 14.5 Å². The first-order chi connectivity index (χ1) is 12.4. The second kappa shape index (κ2) is 5.49. The number of carbonyl (C=O) groups excluding carboxylic acids is 2. The van der Waals surface area contributed by atoms with Crippen LogP contribution in [-0.4, -0.2) is 16.7 Å². The van der Waals surface area contributed by atoms with Crippen molar-refractivity contribution in [3.05, 3.63) is 80.9 Å². The second-order valence-corrected chi connectivity index (χ2v) is 6.35. The van der Waals surface area contributed by atoms with Crippen molar-refractivity contribution in [2.24, 2.45) is 0 Å². The summed E-state index contributed by atoms with van der Waals surface area (Å²) in [5.74, 6) is -0.943. The molecule has 0 bridgehead atoms. The molecule has 0 N–H and O–H groups in total. The number of hydrogen-bond acceptors (Lipinski definition) is 4. The third-order valence-corrected chi connectivity index (χ3v) is 4.67. The van der Waals surface area contributed by atoms with Crippen LogP contribution in [0.1, 0.15) is 31.8 Å². The highest BCUT2D eigenvalue weighted by Gasteiger charge is 2.36. The molecule has 0 fully saturated rings. The maximum absolute atomic E-state index is 13.1. The molecular weight excluding hydrogens is 332 g/mol. The smallest absolute Gasteiger partial charge is 0.268 e. The molecule has 6 heteroatoms. The maximum atomic E-state index is 13.1. The first-order valence-electron chi connectivity index (χ1n) is 8.06. The number of amides is 2. The molecule has 3 aromatic rings. The van der Waals surface area contributed by atoms with Crippen molar-refractivity contribution in [1.82, 2.24) is 0 Å². The van der Waals surface area contributed by atoms with Crippen molar-refractivity contribution in [2.75, 3.05) is 4.90 Å². The van der Waals surface area contributed by atoms with Gasteiger partial charge < -0.3 is 0 Å². The monoisotopic (exact) mass is 346 g/mol. The molecule has 0 radical (unpaired) electrons. The number of carbonyl (C=O) groups is 2. The van der Waals surface area contributed by atoms with Crippen LogP contribution in [0, 0.1) is 24.0 Å². The second-order valence-electron chi connectivity index (χ2n) is 6.35. The molecule has 1 aliphatic rings. The Hall–Kier alpha value is -3.54. The number of rotatable bonds is 2. The highest BCUT2D eigenvalue weighted by atomic mass is 16.6. The summed E-state index contributed by atoms with van der Waals surface area (Å²) in [5, 5.41) is 11.9. The summed E-state index contributed by atoms with van der Waals surface area (Å²) < 4.78 is 0. The average Bonchev–Trinajstić information content (AvgIpc) is 2.60. The van der Waals surface area contributed by atoms with Gasteiger partial charge in [-0.1, -0.05) is 23.8 Å². The summed E-state index contributed by atoms with van der Waals surface area (Å²) in [5.41, 5.74) is 2.82. The predicted octanol–water partition coefficient (Wildman–Crippen LogP) is 4.17. The Bertz CT molecular complexity index is 1110. The summed E-state index contributed by atoms with van der Waals surface area (Å²) in [6.45, 7) is 3.78. The molecule has 0 saturated carbocycles. The van der Waals surface area contributed by atoms with E-state index in [0.717, 1.165) is 16.0 Å². The molecule has 0 aliphatic carbocycles. The quantitative estimate of drug-likeness (QED) is 0.396. The third kappa shape index (κ3) is 2.12. The van der Waals surface area contributed by atoms with E-state index in [0.29, 0.717) is 27.6 Å². The highest BCUT2D eigenvalue weighted by Crippen LogP contribution is 2.37. The van der Waals surface area contributed by atoms with E-state index >= 15 is 0 Å². The fraction of sp³-hybridized carbons (Fsp3) is 0.100. The normalized spacial score (nSPS) is 13.4. The van der Waals surface area contributed by atoms with Gasteiger partial charge in [0.25, 0.3) is 17.5 Å². The maximum Gasteiger partial charge on any atom is 0.277 e. The standard InChI is InChI=1S/C20H14N2O4/c1-11-6-8-16(12(2)10-11)21-19(23)14-5-3-4-13-17(22(25)26)9-7-15(18(13)14)20(21)24/h3-10H,1-2H3. The van der Waals surface area contributed by atoms with Crippen LogP contribution >= 0.6 is 0 Å². The molecule has 0 unspecified atom stereocenters. The van der Waals surface area contributed by atoms with E-state index in [1.54, 1.807) is 24.3 Å². The summed E-state index contributed by atoms with van der Waals surface area (Å²) in [4.78, 5) is 38.1. The topological polar surface area (TPSA) is 80.5 Å². The zero-order valence-corrected chi connectivity index (χ0v) is 14.1. The number of aryl methyl sites for hydroxylation is 2. The minimum Gasteiger partial charge on any atom is -0.268 e. The Labute approximate surface area is 148 Å². The van der Waals surface area contributed by atoms with Crippen LogP contribution in [0.3, 0.4) is 0 Å². The van der Waals surface area contributed by atoms with Crippen molar-refractivity contribution >= 4 is 34.0 Å². The summed E-state index contributed by atoms with van der Waals surface area (Å²) >= 11 is 0. The molecule has 0 atom stereocenters. The number of benzene rings is 3. The Kier molecular flexibility index (Phi) is 3.37. The molecule has 1 aliphatic heterocycles. The van der Waals surface area contributed by atoms with E-state index in [4.69, 9.17) is 0 Å². The molecule has 0 aromatic heterocycles. The lowest BCUT2D eigenvalue weighted by molar-refractivity contribution is -0.383. The molecule has 3 aromatic carbocycles. The van der Waals surface area contributed by atoms with Gasteiger partial charge in [0.1, 0.15) is 0 Å². The van der Waals surface area contributed by atoms with Gasteiger partial charge in [0, 0.05) is 22.6 Å². The van der Waals surface area contributed by atoms with E-state index < -0.39 is 16.7 Å². The van der Waals surface area contributed by atoms with Crippen LogP contribution in [0.4, 0.5) is 11.4 Å². The van der Waals surface area contributed by atoms with Gasteiger partial charge in [0.2, 0.25) is 0 Å². The lowest BCUT2D eigenvalue weighted by Crippen LogP contribution is -2.40. The highest BCUT2D eigenvalue weighted by molar-refractivity contribution is 6.36. The number of nitro benzene ring substituents is 1. The summed E-state index contributed by atoms with van der Waals surface area (Å²) in [7, 11) is 0. The minimum atomic E-state index is -0.506.